The minimum atomic E-state index is -0.273. The Hall–Kier alpha value is -0.360. The fourth-order valence-corrected chi connectivity index (χ4v) is 4.36. The average molecular weight is 376 g/mol. The molecule has 6 heteroatoms. The fourth-order valence-electron chi connectivity index (χ4n) is 4.36. The van der Waals surface area contributed by atoms with Gasteiger partial charge in [-0.05, 0) is 45.4 Å². The van der Waals surface area contributed by atoms with Crippen molar-refractivity contribution in [1.29, 1.82) is 0 Å². The molecule has 4 atom stereocenters. The monoisotopic (exact) mass is 375 g/mol. The molecule has 1 heterocycles. The molecule has 0 aromatic carbocycles. The van der Waals surface area contributed by atoms with Crippen molar-refractivity contribution in [3.05, 3.63) is 0 Å². The molecule has 0 radical (unpaired) electrons. The van der Waals surface area contributed by atoms with E-state index in [0.29, 0.717) is 12.2 Å². The highest BCUT2D eigenvalue weighted by molar-refractivity contribution is 5.74. The molecule has 3 aliphatic rings. The molecule has 5 nitrogen and oxygen atoms in total. The summed E-state index contributed by atoms with van der Waals surface area (Å²) in [5.41, 5.74) is 3.96. The zero-order valence-electron chi connectivity index (χ0n) is 15.5. The van der Waals surface area contributed by atoms with Gasteiger partial charge >= 0.3 is 5.97 Å². The minimum absolute atomic E-state index is 0. The van der Waals surface area contributed by atoms with Crippen LogP contribution < -0.4 is 18.1 Å². The van der Waals surface area contributed by atoms with Crippen LogP contribution in [0, 0.1) is 0 Å². The first-order valence-corrected chi connectivity index (χ1v) is 9.98. The van der Waals surface area contributed by atoms with E-state index in [1.165, 1.54) is 25.7 Å². The second-order valence-corrected chi connectivity index (χ2v) is 7.86. The number of carbonyl (C=O) groups is 1. The van der Waals surface area contributed by atoms with Crippen molar-refractivity contribution < 1.29 is 37.1 Å². The van der Waals surface area contributed by atoms with E-state index in [1.807, 2.05) is 6.92 Å². The van der Waals surface area contributed by atoms with Crippen molar-refractivity contribution in [3.8, 4) is 0 Å². The molecule has 0 aromatic heterocycles. The predicted molar refractivity (Wildman–Crippen MR) is 90.3 cm³/mol. The lowest BCUT2D eigenvalue weighted by Crippen LogP contribution is -3.00. The first-order chi connectivity index (χ1) is 11.6. The van der Waals surface area contributed by atoms with Crippen molar-refractivity contribution in [3.63, 3.8) is 0 Å². The molecule has 2 saturated carbocycles. The molecule has 146 valence electrons. The highest BCUT2D eigenvalue weighted by Crippen LogP contribution is 2.31. The van der Waals surface area contributed by atoms with Crippen molar-refractivity contribution in [2.75, 3.05) is 0 Å². The summed E-state index contributed by atoms with van der Waals surface area (Å²) in [7, 11) is 0. The van der Waals surface area contributed by atoms with Gasteiger partial charge < -0.3 is 32.4 Å². The number of quaternary nitrogens is 1. The van der Waals surface area contributed by atoms with Gasteiger partial charge in [-0.15, -0.1) is 0 Å². The summed E-state index contributed by atoms with van der Waals surface area (Å²) in [5, 5.41) is 0. The van der Waals surface area contributed by atoms with E-state index in [4.69, 9.17) is 14.2 Å². The Morgan fingerprint density at radius 3 is 2.04 bits per heavy atom. The molecule has 1 saturated heterocycles. The number of halogens is 1. The molecule has 0 spiro atoms. The third-order valence-electron chi connectivity index (χ3n) is 5.83. The van der Waals surface area contributed by atoms with E-state index in [2.05, 4.69) is 5.73 Å². The molecule has 0 aromatic rings. The number of hydrogen-bond donors (Lipinski definition) is 1. The summed E-state index contributed by atoms with van der Waals surface area (Å²) in [6, 6.07) is -0.273. The Bertz CT molecular complexity index is 410. The van der Waals surface area contributed by atoms with Gasteiger partial charge in [0.15, 0.2) is 6.04 Å². The largest absolute Gasteiger partial charge is 1.00 e. The van der Waals surface area contributed by atoms with Gasteiger partial charge in [-0.1, -0.05) is 25.7 Å². The zero-order chi connectivity index (χ0) is 16.9. The van der Waals surface area contributed by atoms with Gasteiger partial charge in [0.05, 0.1) is 18.3 Å². The van der Waals surface area contributed by atoms with Gasteiger partial charge in [0, 0.05) is 6.42 Å². The SMILES string of the molecule is C[C@@H]1OC(=O)[C@@H]([NH3+])CCC[C@H](OC2CCCC2)[C@H]1OC1CCCC1.[Cl-]. The molecule has 0 bridgehead atoms. The highest BCUT2D eigenvalue weighted by Gasteiger charge is 2.38. The maximum absolute atomic E-state index is 12.2. The normalized spacial score (nSPS) is 35.5. The predicted octanol–water partition coefficient (Wildman–Crippen LogP) is -0.628. The van der Waals surface area contributed by atoms with Crippen molar-refractivity contribution in [2.45, 2.75) is 114 Å². The average Bonchev–Trinajstić information content (AvgIpc) is 3.24. The van der Waals surface area contributed by atoms with Crippen LogP contribution in [-0.4, -0.2) is 42.5 Å². The van der Waals surface area contributed by atoms with Crippen molar-refractivity contribution >= 4 is 5.97 Å². The summed E-state index contributed by atoms with van der Waals surface area (Å²) < 4.78 is 18.6. The zero-order valence-corrected chi connectivity index (χ0v) is 16.2. The van der Waals surface area contributed by atoms with E-state index in [-0.39, 0.29) is 42.7 Å². The minimum Gasteiger partial charge on any atom is -1.00 e. The van der Waals surface area contributed by atoms with Crippen LogP contribution in [0.3, 0.4) is 0 Å². The summed E-state index contributed by atoms with van der Waals surface area (Å²) in [4.78, 5) is 12.2. The third-order valence-corrected chi connectivity index (χ3v) is 5.83. The van der Waals surface area contributed by atoms with Gasteiger partial charge in [0.25, 0.3) is 0 Å². The Kier molecular flexibility index (Phi) is 8.46. The Morgan fingerprint density at radius 1 is 0.880 bits per heavy atom. The number of carbonyl (C=O) groups excluding carboxylic acids is 1. The van der Waals surface area contributed by atoms with Crippen LogP contribution >= 0.6 is 0 Å². The first-order valence-electron chi connectivity index (χ1n) is 9.98. The quantitative estimate of drug-likeness (QED) is 0.664. The van der Waals surface area contributed by atoms with Crippen LogP contribution in [0.4, 0.5) is 0 Å². The van der Waals surface area contributed by atoms with Crippen LogP contribution in [0.2, 0.25) is 0 Å². The maximum atomic E-state index is 12.2. The third kappa shape index (κ3) is 5.81. The molecule has 25 heavy (non-hydrogen) atoms. The molecule has 2 aliphatic carbocycles. The highest BCUT2D eigenvalue weighted by atomic mass is 35.5. The van der Waals surface area contributed by atoms with E-state index in [1.54, 1.807) is 0 Å². The molecule has 0 unspecified atom stereocenters. The molecule has 3 fully saturated rings. The maximum Gasteiger partial charge on any atom is 0.365 e. The van der Waals surface area contributed by atoms with E-state index >= 15 is 0 Å². The molecule has 1 aliphatic heterocycles. The van der Waals surface area contributed by atoms with E-state index in [9.17, 15) is 4.79 Å². The lowest BCUT2D eigenvalue weighted by molar-refractivity contribution is -0.410. The molecular weight excluding hydrogens is 342 g/mol. The molecular formula is C19H34ClNO4. The lowest BCUT2D eigenvalue weighted by atomic mass is 10.0. The second-order valence-electron chi connectivity index (χ2n) is 7.86. The number of ether oxygens (including phenoxy) is 3. The number of esters is 1. The van der Waals surface area contributed by atoms with E-state index in [0.717, 1.165) is 44.9 Å². The Balaban J connectivity index is 0.00000225. The molecule has 3 N–H and O–H groups in total. The van der Waals surface area contributed by atoms with Crippen LogP contribution in [0.25, 0.3) is 0 Å². The fraction of sp³-hybridized carbons (Fsp3) is 0.947. The summed E-state index contributed by atoms with van der Waals surface area (Å²) in [5.74, 6) is -0.191. The Labute approximate surface area is 157 Å². The summed E-state index contributed by atoms with van der Waals surface area (Å²) in [6.07, 6.45) is 12.4. The number of hydrogen-bond acceptors (Lipinski definition) is 4. The van der Waals surface area contributed by atoms with Gasteiger partial charge in [-0.3, -0.25) is 0 Å². The summed E-state index contributed by atoms with van der Waals surface area (Å²) in [6.45, 7) is 1.96. The number of cyclic esters (lactones) is 1. The van der Waals surface area contributed by atoms with Crippen LogP contribution in [-0.2, 0) is 19.0 Å². The van der Waals surface area contributed by atoms with Crippen molar-refractivity contribution in [1.82, 2.24) is 0 Å². The standard InChI is InChI=1S/C19H33NO4.ClH/c1-13-18(24-15-9-4-5-10-15)17(23-14-7-2-3-8-14)12-6-11-16(20)19(21)22-13;/h13-18H,2-12,20H2,1H3;1H/t13-,16-,17-,18-;/m0./s1. The van der Waals surface area contributed by atoms with E-state index < -0.39 is 0 Å². The molecule has 0 amide bonds. The van der Waals surface area contributed by atoms with Gasteiger partial charge in [-0.2, -0.15) is 0 Å². The first kappa shape index (κ1) is 20.9. The van der Waals surface area contributed by atoms with Crippen molar-refractivity contribution in [2.24, 2.45) is 0 Å². The van der Waals surface area contributed by atoms with Crippen LogP contribution in [0.15, 0.2) is 0 Å². The second kappa shape index (κ2) is 10.1. The topological polar surface area (TPSA) is 72.4 Å². The van der Waals surface area contributed by atoms with Crippen LogP contribution in [0.5, 0.6) is 0 Å². The smallest absolute Gasteiger partial charge is 0.365 e. The number of rotatable bonds is 4. The lowest BCUT2D eigenvalue weighted by Gasteiger charge is -2.34. The van der Waals surface area contributed by atoms with Gasteiger partial charge in [-0.25, -0.2) is 4.79 Å². The van der Waals surface area contributed by atoms with Gasteiger partial charge in [0.2, 0.25) is 0 Å². The van der Waals surface area contributed by atoms with Gasteiger partial charge in [0.1, 0.15) is 12.2 Å². The van der Waals surface area contributed by atoms with Crippen LogP contribution in [0.1, 0.15) is 77.6 Å². The summed E-state index contributed by atoms with van der Waals surface area (Å²) >= 11 is 0. The molecule has 3 rings (SSSR count). The Morgan fingerprint density at radius 2 is 1.44 bits per heavy atom.